The van der Waals surface area contributed by atoms with Crippen molar-refractivity contribution < 1.29 is 14.3 Å². The molecule has 0 saturated carbocycles. The van der Waals surface area contributed by atoms with Crippen molar-refractivity contribution in [3.8, 4) is 0 Å². The van der Waals surface area contributed by atoms with E-state index in [0.717, 1.165) is 18.4 Å². The van der Waals surface area contributed by atoms with E-state index in [-0.39, 0.29) is 24.0 Å². The van der Waals surface area contributed by atoms with Crippen LogP contribution in [0.1, 0.15) is 68.1 Å². The number of carbonyl (C=O) groups is 2. The molecule has 0 spiro atoms. The van der Waals surface area contributed by atoms with Crippen LogP contribution in [-0.2, 0) is 16.0 Å². The number of hydrogen-bond donors (Lipinski definition) is 0. The Morgan fingerprint density at radius 2 is 1.96 bits per heavy atom. The van der Waals surface area contributed by atoms with Gasteiger partial charge in [0.05, 0.1) is 18.7 Å². The first-order valence-electron chi connectivity index (χ1n) is 8.37. The molecule has 0 N–H and O–H groups in total. The quantitative estimate of drug-likeness (QED) is 0.777. The van der Waals surface area contributed by atoms with Crippen LogP contribution in [0.25, 0.3) is 0 Å². The van der Waals surface area contributed by atoms with Gasteiger partial charge in [-0.05, 0) is 55.9 Å². The standard InChI is InChI=1S/C19H27NO3/c1-12(2)10-18(21)20(13(3)4)17-9-8-14-6-7-15(11-16(14)17)19(22)23-5/h6-7,11-13,17H,8-10H2,1-5H3/t17-/m1/s1. The van der Waals surface area contributed by atoms with Crippen LogP contribution in [0.15, 0.2) is 18.2 Å². The van der Waals surface area contributed by atoms with Crippen LogP contribution in [0.3, 0.4) is 0 Å². The summed E-state index contributed by atoms with van der Waals surface area (Å²) >= 11 is 0. The summed E-state index contributed by atoms with van der Waals surface area (Å²) in [6.07, 6.45) is 2.42. The molecule has 0 radical (unpaired) electrons. The number of hydrogen-bond acceptors (Lipinski definition) is 3. The Labute approximate surface area is 138 Å². The highest BCUT2D eigenvalue weighted by molar-refractivity contribution is 5.89. The van der Waals surface area contributed by atoms with Gasteiger partial charge in [-0.1, -0.05) is 19.9 Å². The molecule has 23 heavy (non-hydrogen) atoms. The lowest BCUT2D eigenvalue weighted by Crippen LogP contribution is -2.39. The molecular formula is C19H27NO3. The van der Waals surface area contributed by atoms with E-state index < -0.39 is 0 Å². The third-order valence-corrected chi connectivity index (χ3v) is 4.38. The van der Waals surface area contributed by atoms with Gasteiger partial charge in [-0.3, -0.25) is 4.79 Å². The van der Waals surface area contributed by atoms with E-state index >= 15 is 0 Å². The van der Waals surface area contributed by atoms with Crippen LogP contribution in [0.5, 0.6) is 0 Å². The Balaban J connectivity index is 2.34. The van der Waals surface area contributed by atoms with Crippen molar-refractivity contribution in [2.45, 2.75) is 59.0 Å². The molecule has 0 bridgehead atoms. The van der Waals surface area contributed by atoms with Gasteiger partial charge >= 0.3 is 5.97 Å². The topological polar surface area (TPSA) is 46.6 Å². The number of amides is 1. The number of carbonyl (C=O) groups excluding carboxylic acids is 2. The number of nitrogens with zero attached hydrogens (tertiary/aromatic N) is 1. The minimum absolute atomic E-state index is 0.0563. The zero-order valence-electron chi connectivity index (χ0n) is 14.8. The largest absolute Gasteiger partial charge is 0.465 e. The smallest absolute Gasteiger partial charge is 0.337 e. The van der Waals surface area contributed by atoms with Crippen LogP contribution >= 0.6 is 0 Å². The minimum atomic E-state index is -0.331. The van der Waals surface area contributed by atoms with Gasteiger partial charge in [-0.25, -0.2) is 4.79 Å². The molecule has 1 atom stereocenters. The van der Waals surface area contributed by atoms with E-state index in [4.69, 9.17) is 4.74 Å². The maximum atomic E-state index is 12.7. The summed E-state index contributed by atoms with van der Waals surface area (Å²) in [7, 11) is 1.39. The van der Waals surface area contributed by atoms with Crippen molar-refractivity contribution in [1.82, 2.24) is 4.90 Å². The monoisotopic (exact) mass is 317 g/mol. The average Bonchev–Trinajstić information content (AvgIpc) is 2.88. The Morgan fingerprint density at radius 1 is 1.26 bits per heavy atom. The number of fused-ring (bicyclic) bond motifs is 1. The molecule has 0 unspecified atom stereocenters. The van der Waals surface area contributed by atoms with Gasteiger partial charge in [-0.2, -0.15) is 0 Å². The van der Waals surface area contributed by atoms with Crippen LogP contribution in [0.2, 0.25) is 0 Å². The van der Waals surface area contributed by atoms with Gasteiger partial charge in [-0.15, -0.1) is 0 Å². The summed E-state index contributed by atoms with van der Waals surface area (Å²) in [5.74, 6) is 0.199. The van der Waals surface area contributed by atoms with E-state index in [2.05, 4.69) is 27.7 Å². The molecular weight excluding hydrogens is 290 g/mol. The lowest BCUT2D eigenvalue weighted by Gasteiger charge is -2.34. The minimum Gasteiger partial charge on any atom is -0.465 e. The van der Waals surface area contributed by atoms with E-state index in [1.807, 2.05) is 23.1 Å². The lowest BCUT2D eigenvalue weighted by atomic mass is 10.0. The Kier molecular flexibility index (Phi) is 5.45. The second-order valence-electron chi connectivity index (χ2n) is 6.95. The molecule has 1 amide bonds. The summed E-state index contributed by atoms with van der Waals surface area (Å²) in [4.78, 5) is 26.5. The fourth-order valence-electron chi connectivity index (χ4n) is 3.39. The maximum absolute atomic E-state index is 12.7. The van der Waals surface area contributed by atoms with Gasteiger partial charge < -0.3 is 9.64 Å². The van der Waals surface area contributed by atoms with Gasteiger partial charge in [0.25, 0.3) is 0 Å². The van der Waals surface area contributed by atoms with E-state index in [1.54, 1.807) is 0 Å². The molecule has 0 aromatic heterocycles. The second-order valence-corrected chi connectivity index (χ2v) is 6.95. The van der Waals surface area contributed by atoms with E-state index in [1.165, 1.54) is 12.7 Å². The van der Waals surface area contributed by atoms with Gasteiger partial charge in [0.1, 0.15) is 0 Å². The van der Waals surface area contributed by atoms with Crippen molar-refractivity contribution in [1.29, 1.82) is 0 Å². The third kappa shape index (κ3) is 3.74. The molecule has 1 aromatic carbocycles. The van der Waals surface area contributed by atoms with Gasteiger partial charge in [0, 0.05) is 12.5 Å². The number of ether oxygens (including phenoxy) is 1. The zero-order valence-corrected chi connectivity index (χ0v) is 14.8. The lowest BCUT2D eigenvalue weighted by molar-refractivity contribution is -0.136. The highest BCUT2D eigenvalue weighted by Crippen LogP contribution is 2.38. The number of esters is 1. The molecule has 0 saturated heterocycles. The molecule has 2 rings (SSSR count). The molecule has 1 aromatic rings. The molecule has 0 aliphatic heterocycles. The fraction of sp³-hybridized carbons (Fsp3) is 0.579. The average molecular weight is 317 g/mol. The number of methoxy groups -OCH3 is 1. The fourth-order valence-corrected chi connectivity index (χ4v) is 3.39. The summed E-state index contributed by atoms with van der Waals surface area (Å²) < 4.78 is 4.82. The zero-order chi connectivity index (χ0) is 17.1. The Bertz CT molecular complexity index is 592. The maximum Gasteiger partial charge on any atom is 0.337 e. The first-order chi connectivity index (χ1) is 10.8. The van der Waals surface area contributed by atoms with Crippen molar-refractivity contribution in [3.63, 3.8) is 0 Å². The summed E-state index contributed by atoms with van der Waals surface area (Å²) in [6, 6.07) is 5.90. The SMILES string of the molecule is COC(=O)c1ccc2c(c1)[C@H](N(C(=O)CC(C)C)C(C)C)CC2. The predicted octanol–water partition coefficient (Wildman–Crippen LogP) is 3.74. The second kappa shape index (κ2) is 7.16. The molecule has 1 aliphatic carbocycles. The Morgan fingerprint density at radius 3 is 2.52 bits per heavy atom. The van der Waals surface area contributed by atoms with Crippen LogP contribution in [0, 0.1) is 5.92 Å². The number of benzene rings is 1. The molecule has 4 nitrogen and oxygen atoms in total. The summed E-state index contributed by atoms with van der Waals surface area (Å²) in [5, 5.41) is 0. The summed E-state index contributed by atoms with van der Waals surface area (Å²) in [6.45, 7) is 8.24. The van der Waals surface area contributed by atoms with E-state index in [9.17, 15) is 9.59 Å². The third-order valence-electron chi connectivity index (χ3n) is 4.38. The number of aryl methyl sites for hydroxylation is 1. The van der Waals surface area contributed by atoms with Gasteiger partial charge in [0.15, 0.2) is 0 Å². The van der Waals surface area contributed by atoms with Crippen molar-refractivity contribution in [2.24, 2.45) is 5.92 Å². The first-order valence-corrected chi connectivity index (χ1v) is 8.37. The van der Waals surface area contributed by atoms with Crippen LogP contribution < -0.4 is 0 Å². The van der Waals surface area contributed by atoms with Crippen molar-refractivity contribution >= 4 is 11.9 Å². The number of rotatable bonds is 5. The Hall–Kier alpha value is -1.84. The molecule has 1 aliphatic rings. The van der Waals surface area contributed by atoms with Crippen LogP contribution in [-0.4, -0.2) is 29.9 Å². The highest BCUT2D eigenvalue weighted by atomic mass is 16.5. The van der Waals surface area contributed by atoms with Crippen molar-refractivity contribution in [3.05, 3.63) is 34.9 Å². The summed E-state index contributed by atoms with van der Waals surface area (Å²) in [5.41, 5.74) is 2.88. The molecule has 0 heterocycles. The predicted molar refractivity (Wildman–Crippen MR) is 90.3 cm³/mol. The first kappa shape index (κ1) is 17.5. The van der Waals surface area contributed by atoms with E-state index in [0.29, 0.717) is 17.9 Å². The molecule has 126 valence electrons. The van der Waals surface area contributed by atoms with Crippen molar-refractivity contribution in [2.75, 3.05) is 7.11 Å². The normalized spacial score (nSPS) is 16.6. The highest BCUT2D eigenvalue weighted by Gasteiger charge is 2.33. The van der Waals surface area contributed by atoms with Gasteiger partial charge in [0.2, 0.25) is 5.91 Å². The molecule has 0 fully saturated rings. The van der Waals surface area contributed by atoms with Crippen LogP contribution in [0.4, 0.5) is 0 Å². The molecule has 4 heteroatoms.